The molecule has 1 heterocycles. The van der Waals surface area contributed by atoms with Crippen LogP contribution < -0.4 is 10.6 Å². The number of fused-ring (bicyclic) bond motifs is 1. The van der Waals surface area contributed by atoms with Gasteiger partial charge in [0.2, 0.25) is 0 Å². The summed E-state index contributed by atoms with van der Waals surface area (Å²) in [4.78, 5) is 0. The Morgan fingerprint density at radius 3 is 2.57 bits per heavy atom. The van der Waals surface area contributed by atoms with Gasteiger partial charge in [-0.1, -0.05) is 41.9 Å². The molecule has 2 aromatic rings. The van der Waals surface area contributed by atoms with Crippen LogP contribution in [-0.2, 0) is 10.0 Å². The molecule has 3 rings (SSSR count). The van der Waals surface area contributed by atoms with Crippen molar-refractivity contribution in [2.45, 2.75) is 0 Å². The molecular formula is C14H11ClN2O3S. The van der Waals surface area contributed by atoms with E-state index in [9.17, 15) is 13.6 Å². The van der Waals surface area contributed by atoms with E-state index in [0.717, 1.165) is 0 Å². The predicted molar refractivity (Wildman–Crippen MR) is 78.6 cm³/mol. The molecule has 108 valence electrons. The van der Waals surface area contributed by atoms with Crippen LogP contribution in [0.5, 0.6) is 0 Å². The van der Waals surface area contributed by atoms with Gasteiger partial charge in [0.1, 0.15) is 0 Å². The maximum Gasteiger partial charge on any atom is 0.274 e. The highest BCUT2D eigenvalue weighted by molar-refractivity contribution is 7.89. The first kappa shape index (κ1) is 14.1. The molecule has 1 aliphatic rings. The highest BCUT2D eigenvalue weighted by Gasteiger charge is 2.22. The first-order valence-electron chi connectivity index (χ1n) is 6.11. The summed E-state index contributed by atoms with van der Waals surface area (Å²) in [6, 6.07) is 13.7. The van der Waals surface area contributed by atoms with E-state index < -0.39 is 15.9 Å². The van der Waals surface area contributed by atoms with Crippen LogP contribution in [0.4, 0.5) is 0 Å². The second kappa shape index (κ2) is 5.14. The molecule has 7 heteroatoms. The van der Waals surface area contributed by atoms with Crippen molar-refractivity contribution in [3.8, 4) is 0 Å². The van der Waals surface area contributed by atoms with Crippen molar-refractivity contribution in [2.24, 2.45) is 4.40 Å². The van der Waals surface area contributed by atoms with Gasteiger partial charge in [0.05, 0.1) is 11.1 Å². The summed E-state index contributed by atoms with van der Waals surface area (Å²) in [5, 5.41) is 12.0. The highest BCUT2D eigenvalue weighted by Crippen LogP contribution is 2.17. The molecule has 0 atom stereocenters. The summed E-state index contributed by atoms with van der Waals surface area (Å²) in [6.45, 7) is 0. The van der Waals surface area contributed by atoms with Crippen LogP contribution in [-0.4, -0.2) is 24.6 Å². The monoisotopic (exact) mass is 322 g/mol. The third kappa shape index (κ3) is 2.78. The van der Waals surface area contributed by atoms with Crippen molar-refractivity contribution < 1.29 is 13.6 Å². The van der Waals surface area contributed by atoms with Gasteiger partial charge in [-0.15, -0.1) is 0 Å². The summed E-state index contributed by atoms with van der Waals surface area (Å²) in [5.74, 6) is -0.608. The van der Waals surface area contributed by atoms with Crippen molar-refractivity contribution in [2.75, 3.05) is 5.88 Å². The Morgan fingerprint density at radius 1 is 1.14 bits per heavy atom. The minimum absolute atomic E-state index is 0.259. The maximum atomic E-state index is 11.9. The molecule has 0 spiro atoms. The van der Waals surface area contributed by atoms with E-state index in [4.69, 9.17) is 11.6 Å². The Bertz CT molecular complexity index is 911. The largest absolute Gasteiger partial charge is 0.287 e. The van der Waals surface area contributed by atoms with E-state index in [-0.39, 0.29) is 5.36 Å². The molecule has 1 N–H and O–H groups in total. The first-order valence-corrected chi connectivity index (χ1v) is 8.09. The zero-order valence-corrected chi connectivity index (χ0v) is 12.3. The zero-order valence-electron chi connectivity index (χ0n) is 10.8. The quantitative estimate of drug-likeness (QED) is 0.854. The molecule has 0 amide bonds. The van der Waals surface area contributed by atoms with Gasteiger partial charge in [-0.2, -0.15) is 4.40 Å². The average molecular weight is 323 g/mol. The Balaban J connectivity index is 2.48. The minimum Gasteiger partial charge on any atom is -0.287 e. The van der Waals surface area contributed by atoms with Crippen LogP contribution >= 0.6 is 11.6 Å². The summed E-state index contributed by atoms with van der Waals surface area (Å²) in [6.07, 6.45) is 0. The number of sulfonamides is 1. The third-order valence-electron chi connectivity index (χ3n) is 3.04. The van der Waals surface area contributed by atoms with Crippen LogP contribution in [0.3, 0.4) is 0 Å². The van der Waals surface area contributed by atoms with Crippen molar-refractivity contribution in [3.05, 3.63) is 69.7 Å². The normalized spacial score (nSPS) is 16.9. The van der Waals surface area contributed by atoms with Crippen LogP contribution in [0.2, 0.25) is 5.02 Å². The fraction of sp³-hybridized carbons (Fsp3) is 0.0714. The van der Waals surface area contributed by atoms with Gasteiger partial charge in [-0.3, -0.25) is 5.21 Å². The molecule has 0 bridgehead atoms. The Kier molecular flexibility index (Phi) is 3.44. The molecule has 0 unspecified atom stereocenters. The van der Waals surface area contributed by atoms with Gasteiger partial charge in [0.25, 0.3) is 10.0 Å². The lowest BCUT2D eigenvalue weighted by Gasteiger charge is -2.18. The Morgan fingerprint density at radius 2 is 1.86 bits per heavy atom. The Labute approximate surface area is 126 Å². The number of halogens is 1. The van der Waals surface area contributed by atoms with Gasteiger partial charge in [0.15, 0.2) is 5.88 Å². The smallest absolute Gasteiger partial charge is 0.274 e. The summed E-state index contributed by atoms with van der Waals surface area (Å²) in [5.41, 5.74) is 1.04. The van der Waals surface area contributed by atoms with Crippen LogP contribution in [0.15, 0.2) is 52.9 Å². The predicted octanol–water partition coefficient (Wildman–Crippen LogP) is 1.11. The van der Waals surface area contributed by atoms with E-state index in [1.807, 2.05) is 6.07 Å². The Hall–Kier alpha value is -1.89. The second-order valence-corrected chi connectivity index (χ2v) is 6.62. The standard InChI is InChI=1S/C14H11ClN2O3S/c15-11-6-7-13-12(8-11)14(10-4-2-1-3-5-10)17(18)9-21(19,20)16-13/h1-8,18H,9H2. The molecule has 0 radical (unpaired) electrons. The number of hydrogen-bond acceptors (Lipinski definition) is 4. The summed E-state index contributed by atoms with van der Waals surface area (Å²) >= 11 is 6.00. The number of nitrogens with zero attached hydrogens (tertiary/aromatic N) is 2. The molecule has 1 aliphatic heterocycles. The van der Waals surface area contributed by atoms with Gasteiger partial charge in [0, 0.05) is 15.8 Å². The number of rotatable bonds is 1. The molecule has 0 fully saturated rings. The molecule has 0 saturated carbocycles. The molecule has 0 aromatic heterocycles. The molecule has 0 saturated heterocycles. The fourth-order valence-electron chi connectivity index (χ4n) is 2.21. The average Bonchev–Trinajstić information content (AvgIpc) is 2.51. The SMILES string of the molecule is O=S1(=O)CN(O)C(c2ccccc2)=c2cc(Cl)ccc2=N1. The maximum absolute atomic E-state index is 11.9. The van der Waals surface area contributed by atoms with Crippen molar-refractivity contribution >= 4 is 27.3 Å². The zero-order chi connectivity index (χ0) is 15.0. The van der Waals surface area contributed by atoms with E-state index >= 15 is 0 Å². The molecule has 21 heavy (non-hydrogen) atoms. The molecular weight excluding hydrogens is 312 g/mol. The molecule has 0 aliphatic carbocycles. The number of benzene rings is 2. The molecule has 5 nitrogen and oxygen atoms in total. The molecule has 2 aromatic carbocycles. The van der Waals surface area contributed by atoms with Crippen LogP contribution in [0.25, 0.3) is 5.70 Å². The minimum atomic E-state index is -3.80. The van der Waals surface area contributed by atoms with Crippen molar-refractivity contribution in [1.82, 2.24) is 5.06 Å². The van der Waals surface area contributed by atoms with Crippen LogP contribution in [0, 0.1) is 0 Å². The van der Waals surface area contributed by atoms with Crippen molar-refractivity contribution in [3.63, 3.8) is 0 Å². The third-order valence-corrected chi connectivity index (χ3v) is 4.32. The number of hydroxylamine groups is 2. The lowest BCUT2D eigenvalue weighted by atomic mass is 10.1. The summed E-state index contributed by atoms with van der Waals surface area (Å²) in [7, 11) is -3.80. The van der Waals surface area contributed by atoms with Crippen molar-refractivity contribution in [1.29, 1.82) is 0 Å². The number of hydrogen-bond donors (Lipinski definition) is 1. The van der Waals surface area contributed by atoms with E-state index in [2.05, 4.69) is 4.40 Å². The van der Waals surface area contributed by atoms with Gasteiger partial charge < -0.3 is 0 Å². The lowest BCUT2D eigenvalue weighted by Crippen LogP contribution is -2.31. The first-order chi connectivity index (χ1) is 9.96. The van der Waals surface area contributed by atoms with Gasteiger partial charge in [-0.25, -0.2) is 13.5 Å². The van der Waals surface area contributed by atoms with E-state index in [1.165, 1.54) is 6.07 Å². The lowest BCUT2D eigenvalue weighted by molar-refractivity contribution is -0.00890. The summed E-state index contributed by atoms with van der Waals surface area (Å²) < 4.78 is 27.5. The van der Waals surface area contributed by atoms with Gasteiger partial charge >= 0.3 is 0 Å². The second-order valence-electron chi connectivity index (χ2n) is 4.58. The fourth-order valence-corrected chi connectivity index (χ4v) is 3.34. The topological polar surface area (TPSA) is 70.0 Å². The van der Waals surface area contributed by atoms with E-state index in [1.54, 1.807) is 36.4 Å². The highest BCUT2D eigenvalue weighted by atomic mass is 35.5. The van der Waals surface area contributed by atoms with Gasteiger partial charge in [-0.05, 0) is 18.2 Å². The van der Waals surface area contributed by atoms with Crippen LogP contribution in [0.1, 0.15) is 5.56 Å². The van der Waals surface area contributed by atoms with E-state index in [0.29, 0.717) is 26.6 Å².